The third-order valence-corrected chi connectivity index (χ3v) is 4.60. The van der Waals surface area contributed by atoms with Gasteiger partial charge in [0.15, 0.2) is 0 Å². The van der Waals surface area contributed by atoms with Crippen LogP contribution >= 0.6 is 15.9 Å². The Morgan fingerprint density at radius 1 is 1.35 bits per heavy atom. The zero-order valence-corrected chi connectivity index (χ0v) is 14.2. The summed E-state index contributed by atoms with van der Waals surface area (Å²) in [5, 5.41) is 0. The van der Waals surface area contributed by atoms with Gasteiger partial charge in [-0.1, -0.05) is 12.1 Å². The maximum Gasteiger partial charge on any atom is 0.255 e. The van der Waals surface area contributed by atoms with Crippen molar-refractivity contribution in [3.8, 4) is 11.6 Å². The fourth-order valence-electron chi connectivity index (χ4n) is 2.60. The number of carbonyl (C=O) groups is 1. The third kappa shape index (κ3) is 3.71. The molecule has 0 saturated carbocycles. The average molecular weight is 376 g/mol. The lowest BCUT2D eigenvalue weighted by molar-refractivity contribution is 0.0787. The molecule has 1 fully saturated rings. The Labute approximate surface area is 143 Å². The third-order valence-electron chi connectivity index (χ3n) is 3.94. The Kier molecular flexibility index (Phi) is 4.93. The van der Waals surface area contributed by atoms with Crippen LogP contribution in [0.15, 0.2) is 47.1 Å². The first-order chi connectivity index (χ1) is 11.2. The first kappa shape index (κ1) is 16.0. The van der Waals surface area contributed by atoms with Crippen molar-refractivity contribution >= 4 is 21.8 Å². The Balaban J connectivity index is 1.67. The first-order valence-corrected chi connectivity index (χ1v) is 8.34. The predicted octanol–water partition coefficient (Wildman–Crippen LogP) is 3.06. The number of ether oxygens (including phenoxy) is 1. The van der Waals surface area contributed by atoms with Crippen LogP contribution in [-0.4, -0.2) is 35.4 Å². The molecule has 5 nitrogen and oxygen atoms in total. The molecule has 0 spiro atoms. The van der Waals surface area contributed by atoms with Crippen LogP contribution in [0.3, 0.4) is 0 Å². The smallest absolute Gasteiger partial charge is 0.255 e. The second-order valence-corrected chi connectivity index (χ2v) is 6.41. The summed E-state index contributed by atoms with van der Waals surface area (Å²) < 4.78 is 6.56. The van der Waals surface area contributed by atoms with Crippen LogP contribution in [0.4, 0.5) is 0 Å². The lowest BCUT2D eigenvalue weighted by Gasteiger charge is -2.16. The van der Waals surface area contributed by atoms with Crippen LogP contribution in [0.25, 0.3) is 0 Å². The second kappa shape index (κ2) is 7.10. The summed E-state index contributed by atoms with van der Waals surface area (Å²) in [7, 11) is 0. The van der Waals surface area contributed by atoms with E-state index >= 15 is 0 Å². The van der Waals surface area contributed by atoms with Gasteiger partial charge >= 0.3 is 0 Å². The molecular formula is C17H18BrN3O2. The topological polar surface area (TPSA) is 68.5 Å². The maximum absolute atomic E-state index is 12.4. The standard InChI is InChI=1S/C17H18BrN3O2/c18-14-3-1-2-4-15(14)23-16-6-5-13(10-20-16)17(22)21-8-7-12(9-19)11-21/h1-6,10,12H,7-9,11,19H2/t12-/m1/s1. The van der Waals surface area contributed by atoms with Crippen molar-refractivity contribution in [1.82, 2.24) is 9.88 Å². The zero-order valence-electron chi connectivity index (χ0n) is 12.6. The van der Waals surface area contributed by atoms with E-state index in [0.29, 0.717) is 29.7 Å². The van der Waals surface area contributed by atoms with Gasteiger partial charge in [0, 0.05) is 25.4 Å². The molecule has 2 N–H and O–H groups in total. The van der Waals surface area contributed by atoms with E-state index in [-0.39, 0.29) is 5.91 Å². The minimum absolute atomic E-state index is 0.000826. The lowest BCUT2D eigenvalue weighted by atomic mass is 10.1. The molecule has 2 aromatic rings. The quantitative estimate of drug-likeness (QED) is 0.891. The highest BCUT2D eigenvalue weighted by molar-refractivity contribution is 9.10. The number of benzene rings is 1. The molecule has 0 unspecified atom stereocenters. The van der Waals surface area contributed by atoms with E-state index in [9.17, 15) is 4.79 Å². The number of pyridine rings is 1. The van der Waals surface area contributed by atoms with Gasteiger partial charge in [0.2, 0.25) is 5.88 Å². The van der Waals surface area contributed by atoms with E-state index in [2.05, 4.69) is 20.9 Å². The summed E-state index contributed by atoms with van der Waals surface area (Å²) >= 11 is 3.42. The Morgan fingerprint density at radius 3 is 2.83 bits per heavy atom. The zero-order chi connectivity index (χ0) is 16.2. The molecule has 2 heterocycles. The molecule has 0 radical (unpaired) electrons. The van der Waals surface area contributed by atoms with Gasteiger partial charge in [-0.25, -0.2) is 4.98 Å². The Hall–Kier alpha value is -1.92. The number of hydrogen-bond donors (Lipinski definition) is 1. The van der Waals surface area contributed by atoms with Crippen LogP contribution in [0.2, 0.25) is 0 Å². The van der Waals surface area contributed by atoms with Gasteiger partial charge in [-0.05, 0) is 53.0 Å². The molecule has 120 valence electrons. The summed E-state index contributed by atoms with van der Waals surface area (Å²) in [6.45, 7) is 2.11. The number of amides is 1. The average Bonchev–Trinajstić information content (AvgIpc) is 3.06. The largest absolute Gasteiger partial charge is 0.438 e. The van der Waals surface area contributed by atoms with Crippen molar-refractivity contribution in [2.75, 3.05) is 19.6 Å². The summed E-state index contributed by atoms with van der Waals surface area (Å²) in [4.78, 5) is 18.5. The number of likely N-dealkylation sites (tertiary alicyclic amines) is 1. The normalized spacial score (nSPS) is 17.3. The fourth-order valence-corrected chi connectivity index (χ4v) is 2.97. The molecule has 1 aromatic carbocycles. The van der Waals surface area contributed by atoms with Gasteiger partial charge in [-0.15, -0.1) is 0 Å². The van der Waals surface area contributed by atoms with Crippen molar-refractivity contribution < 1.29 is 9.53 Å². The lowest BCUT2D eigenvalue weighted by Crippen LogP contribution is -2.29. The molecule has 0 aliphatic carbocycles. The van der Waals surface area contributed by atoms with E-state index in [4.69, 9.17) is 10.5 Å². The molecule has 1 saturated heterocycles. The summed E-state index contributed by atoms with van der Waals surface area (Å²) in [5.74, 6) is 1.55. The maximum atomic E-state index is 12.4. The number of rotatable bonds is 4. The SMILES string of the molecule is NC[C@H]1CCN(C(=O)c2ccc(Oc3ccccc3Br)nc2)C1. The van der Waals surface area contributed by atoms with E-state index in [0.717, 1.165) is 24.0 Å². The van der Waals surface area contributed by atoms with Gasteiger partial charge < -0.3 is 15.4 Å². The molecule has 1 amide bonds. The van der Waals surface area contributed by atoms with Crippen LogP contribution < -0.4 is 10.5 Å². The van der Waals surface area contributed by atoms with E-state index in [1.165, 1.54) is 0 Å². The number of halogens is 1. The van der Waals surface area contributed by atoms with Gasteiger partial charge in [0.25, 0.3) is 5.91 Å². The van der Waals surface area contributed by atoms with Crippen molar-refractivity contribution in [2.24, 2.45) is 11.7 Å². The highest BCUT2D eigenvalue weighted by atomic mass is 79.9. The van der Waals surface area contributed by atoms with Gasteiger partial charge in [-0.3, -0.25) is 4.79 Å². The van der Waals surface area contributed by atoms with Gasteiger partial charge in [0.05, 0.1) is 10.0 Å². The van der Waals surface area contributed by atoms with Crippen molar-refractivity contribution in [3.63, 3.8) is 0 Å². The minimum atomic E-state index is 0.000826. The van der Waals surface area contributed by atoms with Gasteiger partial charge in [-0.2, -0.15) is 0 Å². The first-order valence-electron chi connectivity index (χ1n) is 7.55. The van der Waals surface area contributed by atoms with Crippen molar-refractivity contribution in [2.45, 2.75) is 6.42 Å². The molecular weight excluding hydrogens is 358 g/mol. The molecule has 1 aliphatic rings. The van der Waals surface area contributed by atoms with Crippen LogP contribution in [0, 0.1) is 5.92 Å². The highest BCUT2D eigenvalue weighted by Gasteiger charge is 2.26. The summed E-state index contributed by atoms with van der Waals surface area (Å²) in [6, 6.07) is 11.0. The fraction of sp³-hybridized carbons (Fsp3) is 0.294. The molecule has 0 bridgehead atoms. The molecule has 3 rings (SSSR count). The van der Waals surface area contributed by atoms with Crippen LogP contribution in [0.5, 0.6) is 11.6 Å². The highest BCUT2D eigenvalue weighted by Crippen LogP contribution is 2.28. The number of hydrogen-bond acceptors (Lipinski definition) is 4. The van der Waals surface area contributed by atoms with Crippen molar-refractivity contribution in [1.29, 1.82) is 0 Å². The number of nitrogens with two attached hydrogens (primary N) is 1. The molecule has 6 heteroatoms. The second-order valence-electron chi connectivity index (χ2n) is 5.56. The van der Waals surface area contributed by atoms with Crippen LogP contribution in [-0.2, 0) is 0 Å². The predicted molar refractivity (Wildman–Crippen MR) is 91.5 cm³/mol. The van der Waals surface area contributed by atoms with Crippen LogP contribution in [0.1, 0.15) is 16.8 Å². The number of nitrogens with zero attached hydrogens (tertiary/aromatic N) is 2. The Morgan fingerprint density at radius 2 is 2.17 bits per heavy atom. The minimum Gasteiger partial charge on any atom is -0.438 e. The van der Waals surface area contributed by atoms with Crippen molar-refractivity contribution in [3.05, 3.63) is 52.6 Å². The molecule has 23 heavy (non-hydrogen) atoms. The summed E-state index contributed by atoms with van der Waals surface area (Å²) in [6.07, 6.45) is 2.53. The Bertz CT molecular complexity index is 690. The van der Waals surface area contributed by atoms with Gasteiger partial charge in [0.1, 0.15) is 5.75 Å². The number of aromatic nitrogens is 1. The number of para-hydroxylation sites is 1. The number of carbonyl (C=O) groups excluding carboxylic acids is 1. The van der Waals surface area contributed by atoms with E-state index in [1.54, 1.807) is 18.3 Å². The molecule has 1 atom stereocenters. The monoisotopic (exact) mass is 375 g/mol. The molecule has 1 aromatic heterocycles. The molecule has 1 aliphatic heterocycles. The van der Waals surface area contributed by atoms with E-state index < -0.39 is 0 Å². The summed E-state index contributed by atoms with van der Waals surface area (Å²) in [5.41, 5.74) is 6.24. The van der Waals surface area contributed by atoms with E-state index in [1.807, 2.05) is 29.2 Å².